The third-order valence-electron chi connectivity index (χ3n) is 8.46. The van der Waals surface area contributed by atoms with Crippen LogP contribution in [0.15, 0.2) is 42.9 Å². The Balaban J connectivity index is 0.983. The Hall–Kier alpha value is -3.05. The predicted molar refractivity (Wildman–Crippen MR) is 161 cm³/mol. The SMILES string of the molecule is O=C(/C=C/CN1CCOCC1)N1CCC(CN2CCC[C@@H](Nc3ncc(Cl)c(-c4c[nH]c5ncccc45)n3)C2)CC1. The molecule has 1 amide bonds. The Labute approximate surface area is 246 Å². The van der Waals surface area contributed by atoms with Crippen LogP contribution in [-0.2, 0) is 9.53 Å². The molecule has 11 heteroatoms. The van der Waals surface area contributed by atoms with Crippen molar-refractivity contribution in [1.82, 2.24) is 34.6 Å². The van der Waals surface area contributed by atoms with Crippen LogP contribution < -0.4 is 5.32 Å². The number of hydrogen-bond acceptors (Lipinski definition) is 8. The lowest BCUT2D eigenvalue weighted by Gasteiger charge is -2.38. The Morgan fingerprint density at radius 2 is 1.98 bits per heavy atom. The molecule has 2 N–H and O–H groups in total. The molecular weight excluding hydrogens is 540 g/mol. The van der Waals surface area contributed by atoms with Gasteiger partial charge in [-0.2, -0.15) is 0 Å². The van der Waals surface area contributed by atoms with Gasteiger partial charge in [0.1, 0.15) is 5.65 Å². The van der Waals surface area contributed by atoms with E-state index in [2.05, 4.69) is 30.1 Å². The molecule has 0 aliphatic carbocycles. The van der Waals surface area contributed by atoms with Gasteiger partial charge >= 0.3 is 0 Å². The van der Waals surface area contributed by atoms with Crippen LogP contribution in [-0.4, -0.2) is 112 Å². The maximum atomic E-state index is 12.7. The number of piperidine rings is 2. The molecular formula is C30H39ClN8O2. The van der Waals surface area contributed by atoms with Gasteiger partial charge in [-0.05, 0) is 50.3 Å². The van der Waals surface area contributed by atoms with Gasteiger partial charge in [-0.3, -0.25) is 9.69 Å². The van der Waals surface area contributed by atoms with Gasteiger partial charge in [0.05, 0.1) is 30.1 Å². The number of nitrogens with one attached hydrogen (secondary N) is 2. The normalized spacial score (nSPS) is 21.6. The lowest BCUT2D eigenvalue weighted by molar-refractivity contribution is -0.127. The minimum atomic E-state index is 0.144. The topological polar surface area (TPSA) is 103 Å². The smallest absolute Gasteiger partial charge is 0.246 e. The van der Waals surface area contributed by atoms with Gasteiger partial charge in [-0.25, -0.2) is 15.0 Å². The number of fused-ring (bicyclic) bond motifs is 1. The van der Waals surface area contributed by atoms with E-state index < -0.39 is 0 Å². The molecule has 0 bridgehead atoms. The number of aromatic nitrogens is 4. The minimum Gasteiger partial charge on any atom is -0.379 e. The fourth-order valence-corrected chi connectivity index (χ4v) is 6.38. The number of pyridine rings is 1. The van der Waals surface area contributed by atoms with E-state index in [9.17, 15) is 4.79 Å². The van der Waals surface area contributed by atoms with Gasteiger partial charge < -0.3 is 24.8 Å². The van der Waals surface area contributed by atoms with Gasteiger partial charge in [-0.1, -0.05) is 17.7 Å². The molecule has 3 saturated heterocycles. The van der Waals surface area contributed by atoms with Crippen LogP contribution in [0.1, 0.15) is 25.7 Å². The third-order valence-corrected chi connectivity index (χ3v) is 8.74. The average Bonchev–Trinajstić information content (AvgIpc) is 3.43. The summed E-state index contributed by atoms with van der Waals surface area (Å²) in [5.74, 6) is 1.36. The number of rotatable bonds is 8. The second-order valence-corrected chi connectivity index (χ2v) is 11.7. The lowest BCUT2D eigenvalue weighted by atomic mass is 9.94. The maximum absolute atomic E-state index is 12.7. The first-order valence-corrected chi connectivity index (χ1v) is 15.2. The second-order valence-electron chi connectivity index (χ2n) is 11.3. The van der Waals surface area contributed by atoms with Crippen LogP contribution in [0, 0.1) is 5.92 Å². The van der Waals surface area contributed by atoms with Gasteiger partial charge in [0, 0.05) is 81.3 Å². The van der Waals surface area contributed by atoms with Gasteiger partial charge in [0.15, 0.2) is 0 Å². The van der Waals surface area contributed by atoms with Crippen LogP contribution in [0.25, 0.3) is 22.3 Å². The largest absolute Gasteiger partial charge is 0.379 e. The standard InChI is InChI=1S/C30H39ClN8O2/c31-26-19-34-30(36-28(26)25-18-33-29-24(25)5-1-9-32-29)35-23-4-2-11-38(21-23)20-22-7-12-39(13-8-22)27(40)6-3-10-37-14-16-41-17-15-37/h1,3,5-6,9,18-19,22-23H,2,4,7-8,10-17,20-21H2,(H,32,33)(H,34,35,36)/b6-3+/t23-/m1/s1. The summed E-state index contributed by atoms with van der Waals surface area (Å²) < 4.78 is 5.39. The van der Waals surface area contributed by atoms with Crippen molar-refractivity contribution in [1.29, 1.82) is 0 Å². The van der Waals surface area contributed by atoms with Gasteiger partial charge in [0.25, 0.3) is 0 Å². The highest BCUT2D eigenvalue weighted by Gasteiger charge is 2.27. The fraction of sp³-hybridized carbons (Fsp3) is 0.533. The quantitative estimate of drug-likeness (QED) is 0.390. The number of morpholine rings is 1. The first kappa shape index (κ1) is 28.1. The van der Waals surface area contributed by atoms with E-state index in [-0.39, 0.29) is 11.9 Å². The summed E-state index contributed by atoms with van der Waals surface area (Å²) >= 11 is 6.52. The van der Waals surface area contributed by atoms with Crippen LogP contribution in [0.2, 0.25) is 5.02 Å². The molecule has 3 aromatic heterocycles. The summed E-state index contributed by atoms with van der Waals surface area (Å²) in [5, 5.41) is 5.07. The van der Waals surface area contributed by atoms with Crippen molar-refractivity contribution in [3.8, 4) is 11.3 Å². The van der Waals surface area contributed by atoms with Crippen LogP contribution >= 0.6 is 11.6 Å². The third kappa shape index (κ3) is 7.06. The molecule has 3 aromatic rings. The minimum absolute atomic E-state index is 0.144. The number of nitrogens with zero attached hydrogens (tertiary/aromatic N) is 6. The summed E-state index contributed by atoms with van der Waals surface area (Å²) in [6, 6.07) is 4.21. The molecule has 0 aromatic carbocycles. The number of aromatic amines is 1. The zero-order valence-corrected chi connectivity index (χ0v) is 24.2. The fourth-order valence-electron chi connectivity index (χ4n) is 6.19. The summed E-state index contributed by atoms with van der Waals surface area (Å²) in [7, 11) is 0. The molecule has 3 aliphatic rings. The number of H-pyrrole nitrogens is 1. The van der Waals surface area contributed by atoms with Crippen molar-refractivity contribution >= 4 is 34.5 Å². The van der Waals surface area contributed by atoms with E-state index in [0.717, 1.165) is 108 Å². The lowest BCUT2D eigenvalue weighted by Crippen LogP contribution is -2.46. The molecule has 0 saturated carbocycles. The van der Waals surface area contributed by atoms with Crippen molar-refractivity contribution < 1.29 is 9.53 Å². The summed E-state index contributed by atoms with van der Waals surface area (Å²) in [5.41, 5.74) is 2.43. The van der Waals surface area contributed by atoms with Crippen LogP contribution in [0.4, 0.5) is 5.95 Å². The number of halogens is 1. The average molecular weight is 579 g/mol. The summed E-state index contributed by atoms with van der Waals surface area (Å²) in [6.45, 7) is 9.07. The van der Waals surface area contributed by atoms with E-state index >= 15 is 0 Å². The highest BCUT2D eigenvalue weighted by atomic mass is 35.5. The Morgan fingerprint density at radius 3 is 2.83 bits per heavy atom. The number of hydrogen-bond donors (Lipinski definition) is 2. The van der Waals surface area contributed by atoms with Crippen LogP contribution in [0.5, 0.6) is 0 Å². The highest BCUT2D eigenvalue weighted by Crippen LogP contribution is 2.32. The summed E-state index contributed by atoms with van der Waals surface area (Å²) in [4.78, 5) is 36.4. The Bertz CT molecular complexity index is 1350. The Kier molecular flexibility index (Phi) is 9.10. The van der Waals surface area contributed by atoms with Crippen molar-refractivity contribution in [2.75, 3.05) is 70.9 Å². The first-order valence-electron chi connectivity index (χ1n) is 14.8. The number of ether oxygens (including phenoxy) is 1. The monoisotopic (exact) mass is 578 g/mol. The molecule has 0 unspecified atom stereocenters. The van der Waals surface area contributed by atoms with E-state index in [4.69, 9.17) is 21.3 Å². The number of carbonyl (C=O) groups is 1. The molecule has 3 aliphatic heterocycles. The molecule has 1 atom stereocenters. The van der Waals surface area contributed by atoms with Crippen molar-refractivity contribution in [3.63, 3.8) is 0 Å². The predicted octanol–water partition coefficient (Wildman–Crippen LogP) is 3.68. The number of carbonyl (C=O) groups excluding carboxylic acids is 1. The molecule has 41 heavy (non-hydrogen) atoms. The zero-order valence-electron chi connectivity index (χ0n) is 23.5. The van der Waals surface area contributed by atoms with Crippen molar-refractivity contribution in [3.05, 3.63) is 47.9 Å². The number of anilines is 1. The molecule has 0 spiro atoms. The summed E-state index contributed by atoms with van der Waals surface area (Å²) in [6.07, 6.45) is 13.4. The maximum Gasteiger partial charge on any atom is 0.246 e. The molecule has 3 fully saturated rings. The number of amides is 1. The molecule has 6 rings (SSSR count). The number of likely N-dealkylation sites (tertiary alicyclic amines) is 2. The van der Waals surface area contributed by atoms with Gasteiger partial charge in [-0.15, -0.1) is 0 Å². The van der Waals surface area contributed by atoms with Crippen molar-refractivity contribution in [2.24, 2.45) is 5.92 Å². The van der Waals surface area contributed by atoms with Crippen molar-refractivity contribution in [2.45, 2.75) is 31.7 Å². The molecule has 10 nitrogen and oxygen atoms in total. The second kappa shape index (κ2) is 13.3. The highest BCUT2D eigenvalue weighted by molar-refractivity contribution is 6.33. The first-order chi connectivity index (χ1) is 20.1. The van der Waals surface area contributed by atoms with E-state index in [1.54, 1.807) is 18.5 Å². The van der Waals surface area contributed by atoms with Gasteiger partial charge in [0.2, 0.25) is 11.9 Å². The molecule has 218 valence electrons. The van der Waals surface area contributed by atoms with Crippen LogP contribution in [0.3, 0.4) is 0 Å². The Morgan fingerprint density at radius 1 is 1.12 bits per heavy atom. The van der Waals surface area contributed by atoms with E-state index in [1.807, 2.05) is 29.3 Å². The zero-order chi connectivity index (χ0) is 28.0. The molecule has 0 radical (unpaired) electrons. The van der Waals surface area contributed by atoms with E-state index in [1.165, 1.54) is 0 Å². The van der Waals surface area contributed by atoms with E-state index in [0.29, 0.717) is 22.6 Å². The molecule has 6 heterocycles.